The van der Waals surface area contributed by atoms with Crippen molar-refractivity contribution in [2.24, 2.45) is 0 Å². The minimum absolute atomic E-state index is 0.0568. The molecule has 2 aromatic rings. The Morgan fingerprint density at radius 3 is 2.15 bits per heavy atom. The van der Waals surface area contributed by atoms with E-state index in [4.69, 9.17) is 11.6 Å². The fourth-order valence-electron chi connectivity index (χ4n) is 2.25. The minimum atomic E-state index is -0.539. The second-order valence-electron chi connectivity index (χ2n) is 4.80. The molecule has 1 unspecified atom stereocenters. The van der Waals surface area contributed by atoms with Crippen LogP contribution in [0.5, 0.6) is 0 Å². The third-order valence-electron chi connectivity index (χ3n) is 3.28. The smallest absolute Gasteiger partial charge is 0.130 e. The number of hydrogen-bond acceptors (Lipinski definition) is 1. The van der Waals surface area contributed by atoms with Crippen LogP contribution in [0.25, 0.3) is 0 Å². The van der Waals surface area contributed by atoms with Crippen molar-refractivity contribution in [3.8, 4) is 0 Å². The minimum Gasteiger partial charge on any atom is -0.303 e. The molecule has 20 heavy (non-hydrogen) atoms. The zero-order valence-electron chi connectivity index (χ0n) is 11.3. The van der Waals surface area contributed by atoms with Gasteiger partial charge < -0.3 is 5.32 Å². The van der Waals surface area contributed by atoms with Crippen molar-refractivity contribution in [1.82, 2.24) is 5.32 Å². The summed E-state index contributed by atoms with van der Waals surface area (Å²) < 4.78 is 27.4. The average molecular weight is 296 g/mol. The van der Waals surface area contributed by atoms with Crippen LogP contribution in [0.2, 0.25) is 5.02 Å². The molecule has 106 valence electrons. The molecule has 0 aromatic heterocycles. The van der Waals surface area contributed by atoms with Crippen molar-refractivity contribution in [3.63, 3.8) is 0 Å². The Balaban J connectivity index is 2.17. The van der Waals surface area contributed by atoms with Gasteiger partial charge in [-0.3, -0.25) is 0 Å². The normalized spacial score (nSPS) is 14.1. The molecule has 1 nitrogen and oxygen atoms in total. The summed E-state index contributed by atoms with van der Waals surface area (Å²) >= 11 is 5.95. The van der Waals surface area contributed by atoms with Gasteiger partial charge in [-0.05, 0) is 43.7 Å². The lowest BCUT2D eigenvalue weighted by Gasteiger charge is -2.21. The highest BCUT2D eigenvalue weighted by molar-refractivity contribution is 6.30. The summed E-state index contributed by atoms with van der Waals surface area (Å²) in [6, 6.07) is 10.8. The Morgan fingerprint density at radius 1 is 0.950 bits per heavy atom. The third-order valence-corrected chi connectivity index (χ3v) is 3.52. The van der Waals surface area contributed by atoms with Crippen molar-refractivity contribution in [3.05, 3.63) is 70.2 Å². The molecule has 0 aliphatic rings. The van der Waals surface area contributed by atoms with Gasteiger partial charge in [-0.2, -0.15) is 0 Å². The van der Waals surface area contributed by atoms with Crippen LogP contribution >= 0.6 is 11.6 Å². The maximum absolute atomic E-state index is 13.7. The number of rotatable bonds is 4. The molecule has 0 radical (unpaired) electrons. The molecule has 1 N–H and O–H groups in total. The molecule has 0 amide bonds. The van der Waals surface area contributed by atoms with Crippen molar-refractivity contribution in [1.29, 1.82) is 0 Å². The highest BCUT2D eigenvalue weighted by Crippen LogP contribution is 2.24. The molecular formula is C16H16ClF2N. The van der Waals surface area contributed by atoms with Gasteiger partial charge in [-0.1, -0.05) is 29.8 Å². The topological polar surface area (TPSA) is 12.0 Å². The summed E-state index contributed by atoms with van der Waals surface area (Å²) in [6.45, 7) is 3.67. The second-order valence-corrected chi connectivity index (χ2v) is 5.24. The molecule has 0 fully saturated rings. The van der Waals surface area contributed by atoms with E-state index >= 15 is 0 Å². The number of benzene rings is 2. The van der Waals surface area contributed by atoms with E-state index in [1.807, 2.05) is 25.1 Å². The lowest BCUT2D eigenvalue weighted by molar-refractivity contribution is 0.450. The van der Waals surface area contributed by atoms with Gasteiger partial charge in [0.2, 0.25) is 0 Å². The standard InChI is InChI=1S/C16H16ClF2N/c1-10(12-5-3-6-13(17)9-12)20-11(2)16-14(18)7-4-8-15(16)19/h3-11,20H,1-2H3/t10-,11?/m0/s1. The zero-order chi connectivity index (χ0) is 14.7. The van der Waals surface area contributed by atoms with Crippen LogP contribution in [-0.2, 0) is 0 Å². The van der Waals surface area contributed by atoms with Crippen molar-refractivity contribution >= 4 is 11.6 Å². The Bertz CT molecular complexity index is 581. The van der Waals surface area contributed by atoms with E-state index in [1.165, 1.54) is 18.2 Å². The van der Waals surface area contributed by atoms with Gasteiger partial charge >= 0.3 is 0 Å². The molecule has 2 atom stereocenters. The fraction of sp³-hybridized carbons (Fsp3) is 0.250. The van der Waals surface area contributed by atoms with Crippen molar-refractivity contribution in [2.75, 3.05) is 0 Å². The monoisotopic (exact) mass is 295 g/mol. The first-order valence-corrected chi connectivity index (χ1v) is 6.82. The Kier molecular flexibility index (Phi) is 4.73. The van der Waals surface area contributed by atoms with Crippen LogP contribution in [-0.4, -0.2) is 0 Å². The summed E-state index contributed by atoms with van der Waals surface area (Å²) in [5.74, 6) is -1.08. The highest BCUT2D eigenvalue weighted by Gasteiger charge is 2.18. The fourth-order valence-corrected chi connectivity index (χ4v) is 2.45. The molecule has 0 aliphatic heterocycles. The maximum atomic E-state index is 13.7. The van der Waals surface area contributed by atoms with Gasteiger partial charge in [0.15, 0.2) is 0 Å². The van der Waals surface area contributed by atoms with Gasteiger partial charge in [-0.15, -0.1) is 0 Å². The summed E-state index contributed by atoms with van der Waals surface area (Å²) in [6.07, 6.45) is 0. The molecule has 0 bridgehead atoms. The Morgan fingerprint density at radius 2 is 1.55 bits per heavy atom. The van der Waals surface area contributed by atoms with Crippen LogP contribution in [0.15, 0.2) is 42.5 Å². The first-order chi connectivity index (χ1) is 9.49. The molecule has 0 saturated heterocycles. The molecule has 0 saturated carbocycles. The quantitative estimate of drug-likeness (QED) is 0.834. The Labute approximate surface area is 122 Å². The van der Waals surface area contributed by atoms with Gasteiger partial charge in [0.1, 0.15) is 11.6 Å². The van der Waals surface area contributed by atoms with E-state index in [0.29, 0.717) is 5.02 Å². The van der Waals surface area contributed by atoms with Gasteiger partial charge in [0.25, 0.3) is 0 Å². The zero-order valence-corrected chi connectivity index (χ0v) is 12.1. The average Bonchev–Trinajstić information content (AvgIpc) is 2.38. The van der Waals surface area contributed by atoms with Crippen LogP contribution in [0.3, 0.4) is 0 Å². The first-order valence-electron chi connectivity index (χ1n) is 6.44. The number of nitrogens with one attached hydrogen (secondary N) is 1. The predicted molar refractivity (Wildman–Crippen MR) is 77.8 cm³/mol. The summed E-state index contributed by atoms with van der Waals surface area (Å²) in [4.78, 5) is 0. The summed E-state index contributed by atoms with van der Waals surface area (Å²) in [5.41, 5.74) is 1.03. The first kappa shape index (κ1) is 14.9. The van der Waals surface area contributed by atoms with E-state index < -0.39 is 17.7 Å². The van der Waals surface area contributed by atoms with E-state index in [-0.39, 0.29) is 11.6 Å². The van der Waals surface area contributed by atoms with Crippen molar-refractivity contribution < 1.29 is 8.78 Å². The molecular weight excluding hydrogens is 280 g/mol. The lowest BCUT2D eigenvalue weighted by Crippen LogP contribution is -2.24. The summed E-state index contributed by atoms with van der Waals surface area (Å²) in [7, 11) is 0. The molecule has 2 aromatic carbocycles. The molecule has 0 heterocycles. The molecule has 0 aliphatic carbocycles. The molecule has 0 spiro atoms. The summed E-state index contributed by atoms with van der Waals surface area (Å²) in [5, 5.41) is 3.82. The van der Waals surface area contributed by atoms with Gasteiger partial charge in [-0.25, -0.2) is 8.78 Å². The number of halogens is 3. The van der Waals surface area contributed by atoms with Gasteiger partial charge in [0, 0.05) is 22.7 Å². The van der Waals surface area contributed by atoms with Crippen LogP contribution in [0.1, 0.15) is 37.1 Å². The highest BCUT2D eigenvalue weighted by atomic mass is 35.5. The Hall–Kier alpha value is -1.45. The van der Waals surface area contributed by atoms with E-state index in [9.17, 15) is 8.78 Å². The van der Waals surface area contributed by atoms with Crippen molar-refractivity contribution in [2.45, 2.75) is 25.9 Å². The largest absolute Gasteiger partial charge is 0.303 e. The second kappa shape index (κ2) is 6.33. The lowest BCUT2D eigenvalue weighted by atomic mass is 10.0. The molecule has 4 heteroatoms. The predicted octanol–water partition coefficient (Wildman–Crippen LogP) is 5.03. The maximum Gasteiger partial charge on any atom is 0.130 e. The number of hydrogen-bond donors (Lipinski definition) is 1. The molecule has 2 rings (SSSR count). The van der Waals surface area contributed by atoms with E-state index in [2.05, 4.69) is 5.32 Å². The van der Waals surface area contributed by atoms with Crippen LogP contribution in [0, 0.1) is 11.6 Å². The van der Waals surface area contributed by atoms with Crippen LogP contribution in [0.4, 0.5) is 8.78 Å². The van der Waals surface area contributed by atoms with Crippen LogP contribution < -0.4 is 5.32 Å². The SMILES string of the molecule is CC(N[C@@H](C)c1cccc(Cl)c1)c1c(F)cccc1F. The van der Waals surface area contributed by atoms with Gasteiger partial charge in [0.05, 0.1) is 0 Å². The van der Waals surface area contributed by atoms with E-state index in [1.54, 1.807) is 13.0 Å². The third kappa shape index (κ3) is 3.35. The van der Waals surface area contributed by atoms with E-state index in [0.717, 1.165) is 5.56 Å².